The summed E-state index contributed by atoms with van der Waals surface area (Å²) in [6.45, 7) is 0.932. The number of nitrogens with one attached hydrogen (secondary N) is 1. The van der Waals surface area contributed by atoms with Crippen molar-refractivity contribution in [1.82, 2.24) is 9.78 Å². The molecular weight excluding hydrogens is 233 g/mol. The van der Waals surface area contributed by atoms with E-state index in [1.54, 1.807) is 0 Å². The summed E-state index contributed by atoms with van der Waals surface area (Å²) in [4.78, 5) is 12.0. The molecule has 2 heterocycles. The minimum absolute atomic E-state index is 0.0749. The standard InChI is InChI=1S/C13H18FN3O/c14-10-4-1-3-9(7-10)13(18)15-12-8-11-5-2-6-17(11)16-12/h8-10H,1-7H2,(H,15,16,18). The minimum Gasteiger partial charge on any atom is -0.309 e. The van der Waals surface area contributed by atoms with E-state index >= 15 is 0 Å². The summed E-state index contributed by atoms with van der Waals surface area (Å²) < 4.78 is 15.2. The number of halogens is 1. The van der Waals surface area contributed by atoms with Crippen molar-refractivity contribution in [2.75, 3.05) is 5.32 Å². The smallest absolute Gasteiger partial charge is 0.228 e. The van der Waals surface area contributed by atoms with E-state index in [1.165, 1.54) is 5.69 Å². The summed E-state index contributed by atoms with van der Waals surface area (Å²) in [5.74, 6) is 0.357. The summed E-state index contributed by atoms with van der Waals surface area (Å²) in [6.07, 6.45) is 3.89. The number of hydrogen-bond acceptors (Lipinski definition) is 2. The Morgan fingerprint density at radius 1 is 1.44 bits per heavy atom. The molecule has 1 aromatic heterocycles. The number of hydrogen-bond donors (Lipinski definition) is 1. The van der Waals surface area contributed by atoms with Crippen molar-refractivity contribution >= 4 is 11.7 Å². The van der Waals surface area contributed by atoms with Gasteiger partial charge in [0.15, 0.2) is 5.82 Å². The Bertz CT molecular complexity index is 436. The Balaban J connectivity index is 1.63. The van der Waals surface area contributed by atoms with Crippen LogP contribution in [0.3, 0.4) is 0 Å². The van der Waals surface area contributed by atoms with Gasteiger partial charge in [0.25, 0.3) is 0 Å². The van der Waals surface area contributed by atoms with Gasteiger partial charge in [0.2, 0.25) is 5.91 Å². The Labute approximate surface area is 106 Å². The molecule has 2 aliphatic rings. The first-order valence-electron chi connectivity index (χ1n) is 6.74. The third-order valence-corrected chi connectivity index (χ3v) is 3.90. The number of fused-ring (bicyclic) bond motifs is 1. The Hall–Kier alpha value is -1.39. The number of aromatic nitrogens is 2. The maximum Gasteiger partial charge on any atom is 0.228 e. The van der Waals surface area contributed by atoms with Crippen molar-refractivity contribution in [1.29, 1.82) is 0 Å². The second-order valence-corrected chi connectivity index (χ2v) is 5.30. The van der Waals surface area contributed by atoms with Gasteiger partial charge in [0.1, 0.15) is 6.17 Å². The van der Waals surface area contributed by atoms with Crippen LogP contribution in [-0.2, 0) is 17.8 Å². The highest BCUT2D eigenvalue weighted by atomic mass is 19.1. The topological polar surface area (TPSA) is 46.9 Å². The molecule has 4 nitrogen and oxygen atoms in total. The van der Waals surface area contributed by atoms with Gasteiger partial charge in [0, 0.05) is 24.2 Å². The number of alkyl halides is 1. The molecule has 2 atom stereocenters. The van der Waals surface area contributed by atoms with Crippen LogP contribution < -0.4 is 5.32 Å². The van der Waals surface area contributed by atoms with Crippen LogP contribution in [0.5, 0.6) is 0 Å². The van der Waals surface area contributed by atoms with Gasteiger partial charge in [-0.3, -0.25) is 9.48 Å². The van der Waals surface area contributed by atoms with Gasteiger partial charge in [-0.15, -0.1) is 0 Å². The molecule has 0 radical (unpaired) electrons. The number of rotatable bonds is 2. The monoisotopic (exact) mass is 251 g/mol. The van der Waals surface area contributed by atoms with E-state index in [0.29, 0.717) is 18.7 Å². The minimum atomic E-state index is -0.818. The van der Waals surface area contributed by atoms with E-state index < -0.39 is 6.17 Å². The molecule has 0 aromatic carbocycles. The fourth-order valence-corrected chi connectivity index (χ4v) is 2.92. The first-order chi connectivity index (χ1) is 8.72. The van der Waals surface area contributed by atoms with Crippen LogP contribution in [0.15, 0.2) is 6.07 Å². The highest BCUT2D eigenvalue weighted by molar-refractivity contribution is 5.91. The maximum absolute atomic E-state index is 13.3. The predicted molar refractivity (Wildman–Crippen MR) is 66.0 cm³/mol. The largest absolute Gasteiger partial charge is 0.309 e. The molecule has 98 valence electrons. The maximum atomic E-state index is 13.3. The zero-order valence-electron chi connectivity index (χ0n) is 10.4. The quantitative estimate of drug-likeness (QED) is 0.876. The summed E-state index contributed by atoms with van der Waals surface area (Å²) in [6, 6.07) is 1.93. The fourth-order valence-electron chi connectivity index (χ4n) is 2.92. The summed E-state index contributed by atoms with van der Waals surface area (Å²) in [7, 11) is 0. The molecular formula is C13H18FN3O. The third-order valence-electron chi connectivity index (χ3n) is 3.90. The second-order valence-electron chi connectivity index (χ2n) is 5.30. The molecule has 1 aromatic rings. The molecule has 2 unspecified atom stereocenters. The van der Waals surface area contributed by atoms with Gasteiger partial charge in [-0.1, -0.05) is 0 Å². The average Bonchev–Trinajstić information content (AvgIpc) is 2.89. The van der Waals surface area contributed by atoms with Crippen LogP contribution in [-0.4, -0.2) is 21.9 Å². The molecule has 0 spiro atoms. The molecule has 1 N–H and O–H groups in total. The molecule has 1 amide bonds. The number of anilines is 1. The van der Waals surface area contributed by atoms with Crippen molar-refractivity contribution in [3.8, 4) is 0 Å². The van der Waals surface area contributed by atoms with Crippen LogP contribution in [0.4, 0.5) is 10.2 Å². The lowest BCUT2D eigenvalue weighted by atomic mass is 9.87. The van der Waals surface area contributed by atoms with E-state index in [0.717, 1.165) is 32.2 Å². The van der Waals surface area contributed by atoms with Gasteiger partial charge < -0.3 is 5.32 Å². The van der Waals surface area contributed by atoms with E-state index in [9.17, 15) is 9.18 Å². The highest BCUT2D eigenvalue weighted by Gasteiger charge is 2.27. The van der Waals surface area contributed by atoms with Crippen LogP contribution in [0, 0.1) is 5.92 Å². The summed E-state index contributed by atoms with van der Waals surface area (Å²) in [5, 5.41) is 7.16. The Morgan fingerprint density at radius 3 is 3.11 bits per heavy atom. The number of carbonyl (C=O) groups excluding carboxylic acids is 1. The predicted octanol–water partition coefficient (Wildman–Crippen LogP) is 2.30. The molecule has 0 bridgehead atoms. The van der Waals surface area contributed by atoms with Gasteiger partial charge >= 0.3 is 0 Å². The Morgan fingerprint density at radius 2 is 2.33 bits per heavy atom. The van der Waals surface area contributed by atoms with Crippen LogP contribution >= 0.6 is 0 Å². The zero-order valence-corrected chi connectivity index (χ0v) is 10.4. The van der Waals surface area contributed by atoms with E-state index in [-0.39, 0.29) is 11.8 Å². The lowest BCUT2D eigenvalue weighted by Gasteiger charge is -2.23. The molecule has 0 saturated heterocycles. The molecule has 3 rings (SSSR count). The summed E-state index contributed by atoms with van der Waals surface area (Å²) in [5.41, 5.74) is 1.18. The first kappa shape index (κ1) is 11.7. The average molecular weight is 251 g/mol. The molecule has 1 fully saturated rings. The van der Waals surface area contributed by atoms with Crippen LogP contribution in [0.25, 0.3) is 0 Å². The molecule has 1 saturated carbocycles. The number of aryl methyl sites for hydroxylation is 2. The van der Waals surface area contributed by atoms with Crippen molar-refractivity contribution in [2.45, 2.75) is 51.2 Å². The van der Waals surface area contributed by atoms with Gasteiger partial charge in [-0.05, 0) is 38.5 Å². The SMILES string of the molecule is O=C(Nc1cc2n(n1)CCC2)C1CCCC(F)C1. The second kappa shape index (κ2) is 4.71. The van der Waals surface area contributed by atoms with Crippen molar-refractivity contribution in [3.05, 3.63) is 11.8 Å². The molecule has 18 heavy (non-hydrogen) atoms. The normalized spacial score (nSPS) is 26.9. The highest BCUT2D eigenvalue weighted by Crippen LogP contribution is 2.27. The third kappa shape index (κ3) is 2.26. The summed E-state index contributed by atoms with van der Waals surface area (Å²) >= 11 is 0. The van der Waals surface area contributed by atoms with Gasteiger partial charge in [-0.2, -0.15) is 5.10 Å². The molecule has 1 aliphatic carbocycles. The lowest BCUT2D eigenvalue weighted by Crippen LogP contribution is -2.28. The first-order valence-corrected chi connectivity index (χ1v) is 6.74. The fraction of sp³-hybridized carbons (Fsp3) is 0.692. The molecule has 5 heteroatoms. The van der Waals surface area contributed by atoms with Crippen molar-refractivity contribution in [2.24, 2.45) is 5.92 Å². The number of amides is 1. The number of nitrogens with zero attached hydrogens (tertiary/aromatic N) is 2. The van der Waals surface area contributed by atoms with Crippen LogP contribution in [0.1, 0.15) is 37.8 Å². The van der Waals surface area contributed by atoms with Crippen molar-refractivity contribution in [3.63, 3.8) is 0 Å². The Kier molecular flexibility index (Phi) is 3.06. The van der Waals surface area contributed by atoms with E-state index in [4.69, 9.17) is 0 Å². The number of carbonyl (C=O) groups is 1. The van der Waals surface area contributed by atoms with Gasteiger partial charge in [0.05, 0.1) is 0 Å². The zero-order chi connectivity index (χ0) is 12.5. The van der Waals surface area contributed by atoms with Gasteiger partial charge in [-0.25, -0.2) is 4.39 Å². The van der Waals surface area contributed by atoms with Crippen molar-refractivity contribution < 1.29 is 9.18 Å². The van der Waals surface area contributed by atoms with Crippen LogP contribution in [0.2, 0.25) is 0 Å². The van der Waals surface area contributed by atoms with E-state index in [2.05, 4.69) is 10.4 Å². The van der Waals surface area contributed by atoms with E-state index in [1.807, 2.05) is 10.7 Å². The lowest BCUT2D eigenvalue weighted by molar-refractivity contribution is -0.121. The molecule has 1 aliphatic heterocycles.